The third-order valence-corrected chi connectivity index (χ3v) is 8.37. The molecule has 25 heavy (non-hydrogen) atoms. The lowest BCUT2D eigenvalue weighted by Gasteiger charge is -2.24. The fourth-order valence-electron chi connectivity index (χ4n) is 2.86. The van der Waals surface area contributed by atoms with Crippen LogP contribution in [-0.2, 0) is 0 Å². The number of aryl methyl sites for hydroxylation is 3. The molecule has 4 heteroatoms. The van der Waals surface area contributed by atoms with E-state index >= 15 is 0 Å². The molecule has 0 aliphatic carbocycles. The maximum absolute atomic E-state index is 4.78. The van der Waals surface area contributed by atoms with Crippen molar-refractivity contribution in [3.63, 3.8) is 0 Å². The normalized spacial score (nSPS) is 11.2. The van der Waals surface area contributed by atoms with Crippen molar-refractivity contribution >= 4 is 61.7 Å². The SMILES string of the molecule is Cc1ccc(P(c2ccc(C)cc2S)c2ccc(C)cc2S)c(S)c1. The summed E-state index contributed by atoms with van der Waals surface area (Å²) in [4.78, 5) is 3.06. The van der Waals surface area contributed by atoms with E-state index in [0.29, 0.717) is 0 Å². The summed E-state index contributed by atoms with van der Waals surface area (Å²) in [6.45, 7) is 6.28. The molecule has 0 nitrogen and oxygen atoms in total. The lowest BCUT2D eigenvalue weighted by Crippen LogP contribution is -2.24. The highest BCUT2D eigenvalue weighted by Crippen LogP contribution is 2.39. The zero-order valence-corrected chi connectivity index (χ0v) is 18.1. The van der Waals surface area contributed by atoms with Gasteiger partial charge in [0.1, 0.15) is 0 Å². The smallest absolute Gasteiger partial charge is 0.0126 e. The Morgan fingerprint density at radius 3 is 1.04 bits per heavy atom. The van der Waals surface area contributed by atoms with Gasteiger partial charge in [0.2, 0.25) is 0 Å². The fraction of sp³-hybridized carbons (Fsp3) is 0.143. The highest BCUT2D eigenvalue weighted by Gasteiger charge is 2.22. The van der Waals surface area contributed by atoms with E-state index in [-0.39, 0.29) is 0 Å². The summed E-state index contributed by atoms with van der Waals surface area (Å²) in [5, 5.41) is 3.71. The Morgan fingerprint density at radius 1 is 0.520 bits per heavy atom. The quantitative estimate of drug-likeness (QED) is 0.389. The Bertz CT molecular complexity index is 812. The molecule has 0 N–H and O–H groups in total. The van der Waals surface area contributed by atoms with Crippen LogP contribution in [0.2, 0.25) is 0 Å². The van der Waals surface area contributed by atoms with Crippen LogP contribution in [-0.4, -0.2) is 0 Å². The first kappa shape index (κ1) is 18.9. The number of hydrogen-bond donors (Lipinski definition) is 3. The Hall–Kier alpha value is -0.860. The molecule has 0 atom stereocenters. The van der Waals surface area contributed by atoms with Gasteiger partial charge in [-0.15, -0.1) is 37.9 Å². The summed E-state index contributed by atoms with van der Waals surface area (Å²) in [5.41, 5.74) is 3.65. The topological polar surface area (TPSA) is 0 Å². The average Bonchev–Trinajstić information content (AvgIpc) is 2.52. The Labute approximate surface area is 168 Å². The molecule has 3 aromatic rings. The minimum Gasteiger partial charge on any atom is -0.143 e. The molecular formula is C21H21PS3. The van der Waals surface area contributed by atoms with E-state index in [9.17, 15) is 0 Å². The first-order valence-corrected chi connectivity index (χ1v) is 10.7. The molecule has 0 aliphatic rings. The third-order valence-electron chi connectivity index (χ3n) is 4.12. The van der Waals surface area contributed by atoms with Crippen molar-refractivity contribution in [1.82, 2.24) is 0 Å². The van der Waals surface area contributed by atoms with Crippen molar-refractivity contribution in [3.05, 3.63) is 71.3 Å². The van der Waals surface area contributed by atoms with Crippen LogP contribution in [0.25, 0.3) is 0 Å². The second-order valence-corrected chi connectivity index (χ2v) is 9.87. The first-order valence-electron chi connectivity index (χ1n) is 8.06. The molecule has 0 radical (unpaired) electrons. The van der Waals surface area contributed by atoms with Crippen molar-refractivity contribution < 1.29 is 0 Å². The zero-order valence-electron chi connectivity index (χ0n) is 14.5. The van der Waals surface area contributed by atoms with Gasteiger partial charge in [0.25, 0.3) is 0 Å². The van der Waals surface area contributed by atoms with E-state index in [1.165, 1.54) is 32.6 Å². The largest absolute Gasteiger partial charge is 0.143 e. The second-order valence-electron chi connectivity index (χ2n) is 6.31. The van der Waals surface area contributed by atoms with Gasteiger partial charge in [0.05, 0.1) is 0 Å². The molecule has 0 bridgehead atoms. The molecule has 3 aromatic carbocycles. The Balaban J connectivity index is 2.27. The van der Waals surface area contributed by atoms with Crippen LogP contribution in [0.3, 0.4) is 0 Å². The van der Waals surface area contributed by atoms with Crippen LogP contribution in [0.1, 0.15) is 16.7 Å². The average molecular weight is 401 g/mol. The molecule has 0 heterocycles. The minimum atomic E-state index is -0.775. The summed E-state index contributed by atoms with van der Waals surface area (Å²) in [5.74, 6) is 0. The predicted molar refractivity (Wildman–Crippen MR) is 121 cm³/mol. The predicted octanol–water partition coefficient (Wildman–Crippen LogP) is 5.24. The van der Waals surface area contributed by atoms with Crippen LogP contribution < -0.4 is 15.9 Å². The van der Waals surface area contributed by atoms with E-state index in [0.717, 1.165) is 14.7 Å². The maximum atomic E-state index is 4.78. The lowest BCUT2D eigenvalue weighted by molar-refractivity contribution is 1.38. The van der Waals surface area contributed by atoms with E-state index in [1.807, 2.05) is 0 Å². The van der Waals surface area contributed by atoms with Crippen molar-refractivity contribution in [2.45, 2.75) is 35.5 Å². The maximum Gasteiger partial charge on any atom is 0.0126 e. The van der Waals surface area contributed by atoms with Gasteiger partial charge in [-0.05, 0) is 79.5 Å². The van der Waals surface area contributed by atoms with E-state index in [2.05, 4.69) is 75.4 Å². The number of benzene rings is 3. The van der Waals surface area contributed by atoms with Gasteiger partial charge in [0, 0.05) is 14.7 Å². The molecule has 128 valence electrons. The van der Waals surface area contributed by atoms with Crippen LogP contribution in [0.5, 0.6) is 0 Å². The van der Waals surface area contributed by atoms with E-state index in [1.54, 1.807) is 0 Å². The molecule has 0 aromatic heterocycles. The lowest BCUT2D eigenvalue weighted by atomic mass is 10.2. The monoisotopic (exact) mass is 400 g/mol. The first-order chi connectivity index (χ1) is 11.9. The molecule has 0 spiro atoms. The fourth-order valence-corrected chi connectivity index (χ4v) is 6.92. The third kappa shape index (κ3) is 4.11. The molecule has 0 amide bonds. The van der Waals surface area contributed by atoms with Crippen LogP contribution in [0, 0.1) is 20.8 Å². The van der Waals surface area contributed by atoms with Crippen LogP contribution in [0.15, 0.2) is 69.3 Å². The highest BCUT2D eigenvalue weighted by atomic mass is 32.1. The summed E-state index contributed by atoms with van der Waals surface area (Å²) >= 11 is 14.3. The standard InChI is InChI=1S/C21H21PS3/c1-13-4-7-16(19(23)10-13)22(17-8-5-14(2)11-20(17)24)18-9-6-15(3)12-21(18)25/h4-12,23-25H,1-3H3. The van der Waals surface area contributed by atoms with Crippen molar-refractivity contribution in [1.29, 1.82) is 0 Å². The molecule has 0 unspecified atom stereocenters. The molecule has 0 aliphatic heterocycles. The minimum absolute atomic E-state index is 0.775. The van der Waals surface area contributed by atoms with Gasteiger partial charge in [-0.25, -0.2) is 0 Å². The van der Waals surface area contributed by atoms with Crippen molar-refractivity contribution in [2.24, 2.45) is 0 Å². The summed E-state index contributed by atoms with van der Waals surface area (Å²) in [6, 6.07) is 19.5. The Morgan fingerprint density at radius 2 is 0.800 bits per heavy atom. The number of rotatable bonds is 3. The van der Waals surface area contributed by atoms with Gasteiger partial charge in [-0.1, -0.05) is 36.4 Å². The zero-order chi connectivity index (χ0) is 18.1. The number of hydrogen-bond acceptors (Lipinski definition) is 3. The summed E-state index contributed by atoms with van der Waals surface area (Å²) in [7, 11) is -0.775. The second kappa shape index (κ2) is 7.80. The van der Waals surface area contributed by atoms with Crippen LogP contribution >= 0.6 is 45.8 Å². The molecule has 3 rings (SSSR count). The molecule has 0 saturated carbocycles. The van der Waals surface area contributed by atoms with E-state index < -0.39 is 7.92 Å². The summed E-state index contributed by atoms with van der Waals surface area (Å²) in [6.07, 6.45) is 0. The van der Waals surface area contributed by atoms with Gasteiger partial charge >= 0.3 is 0 Å². The Kier molecular flexibility index (Phi) is 5.90. The molecule has 0 saturated heterocycles. The van der Waals surface area contributed by atoms with E-state index in [4.69, 9.17) is 37.9 Å². The van der Waals surface area contributed by atoms with Gasteiger partial charge in [-0.3, -0.25) is 0 Å². The molecular weight excluding hydrogens is 379 g/mol. The van der Waals surface area contributed by atoms with Gasteiger partial charge < -0.3 is 0 Å². The van der Waals surface area contributed by atoms with Gasteiger partial charge in [0.15, 0.2) is 0 Å². The highest BCUT2D eigenvalue weighted by molar-refractivity contribution is 7.87. The summed E-state index contributed by atoms with van der Waals surface area (Å²) < 4.78 is 0. The van der Waals surface area contributed by atoms with Gasteiger partial charge in [-0.2, -0.15) is 0 Å². The number of thiol groups is 3. The molecule has 0 fully saturated rings. The van der Waals surface area contributed by atoms with Crippen molar-refractivity contribution in [3.8, 4) is 0 Å². The van der Waals surface area contributed by atoms with Crippen molar-refractivity contribution in [2.75, 3.05) is 0 Å². The van der Waals surface area contributed by atoms with Crippen LogP contribution in [0.4, 0.5) is 0 Å².